The fourth-order valence-electron chi connectivity index (χ4n) is 2.66. The summed E-state index contributed by atoms with van der Waals surface area (Å²) in [7, 11) is 0. The van der Waals surface area contributed by atoms with Crippen LogP contribution in [0.2, 0.25) is 10.0 Å². The van der Waals surface area contributed by atoms with Crippen LogP contribution in [0.3, 0.4) is 0 Å². The number of halogens is 2. The van der Waals surface area contributed by atoms with Crippen LogP contribution in [0, 0.1) is 0 Å². The molecule has 0 aliphatic carbocycles. The van der Waals surface area contributed by atoms with Gasteiger partial charge in [-0.2, -0.15) is 5.11 Å². The molecule has 0 unspecified atom stereocenters. The van der Waals surface area contributed by atoms with Crippen molar-refractivity contribution >= 4 is 34.6 Å². The molecule has 4 aromatic rings. The lowest BCUT2D eigenvalue weighted by Gasteiger charge is -2.09. The lowest BCUT2D eigenvalue weighted by atomic mass is 10.1. The van der Waals surface area contributed by atoms with Crippen LogP contribution in [0.5, 0.6) is 0 Å². The summed E-state index contributed by atoms with van der Waals surface area (Å²) in [4.78, 5) is 9.18. The standard InChI is InChI=1S/C22H14Cl2N4/c23-16-11-12-18(19(24)13-16)21-20(28-27-17-9-5-2-6-10-17)14-25-22(26-21)15-7-3-1-4-8-15/h1-14H. The Kier molecular flexibility index (Phi) is 5.42. The highest BCUT2D eigenvalue weighted by Gasteiger charge is 2.14. The first-order chi connectivity index (χ1) is 13.7. The van der Waals surface area contributed by atoms with Crippen molar-refractivity contribution < 1.29 is 0 Å². The predicted octanol–water partition coefficient (Wildman–Crippen LogP) is 7.53. The van der Waals surface area contributed by atoms with Crippen LogP contribution < -0.4 is 0 Å². The topological polar surface area (TPSA) is 50.5 Å². The van der Waals surface area contributed by atoms with E-state index in [1.165, 1.54) is 0 Å². The number of aromatic nitrogens is 2. The van der Waals surface area contributed by atoms with Gasteiger partial charge in [-0.15, -0.1) is 5.11 Å². The molecular formula is C22H14Cl2N4. The third-order valence-electron chi connectivity index (χ3n) is 4.02. The average molecular weight is 405 g/mol. The summed E-state index contributed by atoms with van der Waals surface area (Å²) in [5.41, 5.74) is 3.47. The van der Waals surface area contributed by atoms with Crippen LogP contribution in [0.25, 0.3) is 22.6 Å². The average Bonchev–Trinajstić information content (AvgIpc) is 2.74. The van der Waals surface area contributed by atoms with Gasteiger partial charge >= 0.3 is 0 Å². The predicted molar refractivity (Wildman–Crippen MR) is 114 cm³/mol. The van der Waals surface area contributed by atoms with E-state index < -0.39 is 0 Å². The summed E-state index contributed by atoms with van der Waals surface area (Å²) in [6.07, 6.45) is 1.65. The number of hydrogen-bond acceptors (Lipinski definition) is 4. The highest BCUT2D eigenvalue weighted by molar-refractivity contribution is 6.36. The van der Waals surface area contributed by atoms with E-state index in [0.717, 1.165) is 11.3 Å². The molecule has 3 aromatic carbocycles. The maximum atomic E-state index is 6.43. The van der Waals surface area contributed by atoms with Gasteiger partial charge in [-0.1, -0.05) is 71.7 Å². The zero-order valence-electron chi connectivity index (χ0n) is 14.6. The lowest BCUT2D eigenvalue weighted by molar-refractivity contribution is 1.13. The maximum Gasteiger partial charge on any atom is 0.159 e. The molecule has 0 fully saturated rings. The maximum absolute atomic E-state index is 6.43. The smallest absolute Gasteiger partial charge is 0.159 e. The molecule has 4 nitrogen and oxygen atoms in total. The molecule has 0 bridgehead atoms. The molecule has 0 amide bonds. The summed E-state index contributed by atoms with van der Waals surface area (Å²) < 4.78 is 0. The summed E-state index contributed by atoms with van der Waals surface area (Å²) >= 11 is 12.5. The van der Waals surface area contributed by atoms with Gasteiger partial charge in [0.05, 0.1) is 16.9 Å². The second-order valence-electron chi connectivity index (χ2n) is 5.95. The molecule has 0 spiro atoms. The minimum atomic E-state index is 0.487. The van der Waals surface area contributed by atoms with E-state index in [2.05, 4.69) is 15.2 Å². The van der Waals surface area contributed by atoms with Gasteiger partial charge in [-0.3, -0.25) is 0 Å². The van der Waals surface area contributed by atoms with Gasteiger partial charge in [0.1, 0.15) is 11.4 Å². The minimum Gasteiger partial charge on any atom is -0.234 e. The lowest BCUT2D eigenvalue weighted by Crippen LogP contribution is -1.93. The van der Waals surface area contributed by atoms with Crippen molar-refractivity contribution in [2.75, 3.05) is 0 Å². The van der Waals surface area contributed by atoms with Crippen LogP contribution in [-0.2, 0) is 0 Å². The molecule has 0 saturated heterocycles. The number of azo groups is 1. The third-order valence-corrected chi connectivity index (χ3v) is 4.56. The van der Waals surface area contributed by atoms with Crippen LogP contribution in [0.1, 0.15) is 0 Å². The summed E-state index contributed by atoms with van der Waals surface area (Å²) in [6.45, 7) is 0. The Hall–Kier alpha value is -3.08. The number of rotatable bonds is 4. The minimum absolute atomic E-state index is 0.487. The second kappa shape index (κ2) is 8.30. The Morgan fingerprint density at radius 2 is 1.46 bits per heavy atom. The summed E-state index contributed by atoms with van der Waals surface area (Å²) in [5.74, 6) is 0.584. The Balaban J connectivity index is 1.84. The van der Waals surface area contributed by atoms with E-state index in [1.807, 2.05) is 66.7 Å². The molecule has 4 rings (SSSR count). The summed E-state index contributed by atoms with van der Waals surface area (Å²) in [6, 6.07) is 24.5. The zero-order chi connectivity index (χ0) is 19.3. The van der Waals surface area contributed by atoms with Gasteiger partial charge in [0, 0.05) is 16.1 Å². The number of hydrogen-bond donors (Lipinski definition) is 0. The van der Waals surface area contributed by atoms with E-state index in [4.69, 9.17) is 28.2 Å². The number of nitrogens with zero attached hydrogens (tertiary/aromatic N) is 4. The fourth-order valence-corrected chi connectivity index (χ4v) is 3.16. The molecule has 0 aliphatic heterocycles. The quantitative estimate of drug-likeness (QED) is 0.330. The van der Waals surface area contributed by atoms with Crippen molar-refractivity contribution in [2.24, 2.45) is 10.2 Å². The van der Waals surface area contributed by atoms with Crippen molar-refractivity contribution in [1.82, 2.24) is 9.97 Å². The van der Waals surface area contributed by atoms with Gasteiger partial charge in [-0.25, -0.2) is 9.97 Å². The first kappa shape index (κ1) is 18.3. The zero-order valence-corrected chi connectivity index (χ0v) is 16.1. The Labute approximate surface area is 172 Å². The molecule has 136 valence electrons. The second-order valence-corrected chi connectivity index (χ2v) is 6.80. The largest absolute Gasteiger partial charge is 0.234 e. The Morgan fingerprint density at radius 1 is 0.750 bits per heavy atom. The Bertz CT molecular complexity index is 1130. The number of benzene rings is 3. The normalized spacial score (nSPS) is 11.1. The van der Waals surface area contributed by atoms with Crippen molar-refractivity contribution in [3.05, 3.63) is 95.1 Å². The van der Waals surface area contributed by atoms with Crippen molar-refractivity contribution in [3.63, 3.8) is 0 Å². The molecule has 0 aliphatic rings. The highest BCUT2D eigenvalue weighted by atomic mass is 35.5. The van der Waals surface area contributed by atoms with Crippen LogP contribution in [-0.4, -0.2) is 9.97 Å². The van der Waals surface area contributed by atoms with Gasteiger partial charge in [0.25, 0.3) is 0 Å². The van der Waals surface area contributed by atoms with Crippen molar-refractivity contribution in [3.8, 4) is 22.6 Å². The highest BCUT2D eigenvalue weighted by Crippen LogP contribution is 2.36. The molecule has 0 radical (unpaired) electrons. The summed E-state index contributed by atoms with van der Waals surface area (Å²) in [5, 5.41) is 9.69. The molecule has 0 saturated carbocycles. The molecular weight excluding hydrogens is 391 g/mol. The Morgan fingerprint density at radius 3 is 2.18 bits per heavy atom. The first-order valence-electron chi connectivity index (χ1n) is 8.55. The van der Waals surface area contributed by atoms with Crippen LogP contribution >= 0.6 is 23.2 Å². The van der Waals surface area contributed by atoms with Gasteiger partial charge in [-0.05, 0) is 30.3 Å². The van der Waals surface area contributed by atoms with E-state index in [1.54, 1.807) is 18.3 Å². The van der Waals surface area contributed by atoms with Gasteiger partial charge in [0.15, 0.2) is 5.82 Å². The molecule has 6 heteroatoms. The molecule has 0 N–H and O–H groups in total. The van der Waals surface area contributed by atoms with E-state index in [0.29, 0.717) is 32.8 Å². The van der Waals surface area contributed by atoms with E-state index in [9.17, 15) is 0 Å². The van der Waals surface area contributed by atoms with Crippen LogP contribution in [0.4, 0.5) is 11.4 Å². The van der Waals surface area contributed by atoms with Crippen molar-refractivity contribution in [2.45, 2.75) is 0 Å². The van der Waals surface area contributed by atoms with Crippen molar-refractivity contribution in [1.29, 1.82) is 0 Å². The van der Waals surface area contributed by atoms with E-state index in [-0.39, 0.29) is 0 Å². The van der Waals surface area contributed by atoms with Crippen LogP contribution in [0.15, 0.2) is 95.3 Å². The fraction of sp³-hybridized carbons (Fsp3) is 0. The third kappa shape index (κ3) is 4.09. The SMILES string of the molecule is Clc1ccc(-c2nc(-c3ccccc3)ncc2N=Nc2ccccc2)c(Cl)c1. The first-order valence-corrected chi connectivity index (χ1v) is 9.31. The molecule has 1 aromatic heterocycles. The van der Waals surface area contributed by atoms with E-state index >= 15 is 0 Å². The van der Waals surface area contributed by atoms with Gasteiger partial charge < -0.3 is 0 Å². The molecule has 1 heterocycles. The van der Waals surface area contributed by atoms with Gasteiger partial charge in [0.2, 0.25) is 0 Å². The molecule has 28 heavy (non-hydrogen) atoms. The molecule has 0 atom stereocenters. The monoisotopic (exact) mass is 404 g/mol.